The number of aryl methyl sites for hydroxylation is 2. The van der Waals surface area contributed by atoms with Gasteiger partial charge in [0.2, 0.25) is 5.95 Å². The molecule has 3 heterocycles. The molecule has 0 unspecified atom stereocenters. The quantitative estimate of drug-likeness (QED) is 0.349. The maximum Gasteiger partial charge on any atom is 0.324 e. The van der Waals surface area contributed by atoms with Crippen LogP contribution >= 0.6 is 0 Å². The average molecular weight is 479 g/mol. The number of pyridine rings is 1. The number of nitrogens with zero attached hydrogens (tertiary/aromatic N) is 4. The smallest absolute Gasteiger partial charge is 0.324 e. The second-order valence-corrected chi connectivity index (χ2v) is 9.67. The van der Waals surface area contributed by atoms with E-state index in [1.165, 1.54) is 22.9 Å². The lowest BCUT2D eigenvalue weighted by Crippen LogP contribution is -2.22. The number of hydrogen-bond donors (Lipinski definition) is 4. The van der Waals surface area contributed by atoms with Crippen LogP contribution in [0.2, 0.25) is 0 Å². The molecule has 0 spiro atoms. The van der Waals surface area contributed by atoms with Gasteiger partial charge in [0.25, 0.3) is 5.56 Å². The number of hydrogen-bond acceptors (Lipinski definition) is 6. The number of anilines is 3. The normalized spacial score (nSPS) is 11.6. The number of carbonyl (C=O) groups excluding carboxylic acids is 1. The number of nitrogens with one attached hydrogen (secondary N) is 3. The van der Waals surface area contributed by atoms with Gasteiger partial charge >= 0.3 is 6.03 Å². The van der Waals surface area contributed by atoms with Gasteiger partial charge < -0.3 is 11.1 Å². The molecule has 4 aromatic rings. The van der Waals surface area contributed by atoms with Crippen molar-refractivity contribution in [3.63, 3.8) is 0 Å². The number of nitrogens with two attached hydrogens (primary N) is 1. The summed E-state index contributed by atoms with van der Waals surface area (Å²) >= 11 is 0. The van der Waals surface area contributed by atoms with Crippen LogP contribution in [0.3, 0.4) is 0 Å². The SMILES string of the molecule is Cc1cc(F)c(NC(=O)Nc2cc(CC(C)(C)C)[nH]n2)cc1-c1cc2cnc(N)nc2n(C)c1=O. The topological polar surface area (TPSA) is 144 Å². The first-order valence-electron chi connectivity index (χ1n) is 11.0. The molecule has 35 heavy (non-hydrogen) atoms. The Morgan fingerprint density at radius 1 is 1.17 bits per heavy atom. The van der Waals surface area contributed by atoms with E-state index in [-0.39, 0.29) is 22.6 Å². The monoisotopic (exact) mass is 478 g/mol. The Kier molecular flexibility index (Phi) is 6.01. The Hall–Kier alpha value is -4.28. The molecule has 3 aromatic heterocycles. The summed E-state index contributed by atoms with van der Waals surface area (Å²) < 4.78 is 16.1. The molecule has 0 saturated carbocycles. The van der Waals surface area contributed by atoms with Gasteiger partial charge in [-0.15, -0.1) is 0 Å². The molecule has 2 amide bonds. The van der Waals surface area contributed by atoms with E-state index in [1.54, 1.807) is 26.1 Å². The van der Waals surface area contributed by atoms with Crippen LogP contribution in [0.1, 0.15) is 32.0 Å². The largest absolute Gasteiger partial charge is 0.368 e. The van der Waals surface area contributed by atoms with Crippen molar-refractivity contribution in [3.05, 3.63) is 57.9 Å². The molecule has 11 heteroatoms. The van der Waals surface area contributed by atoms with Crippen molar-refractivity contribution in [2.24, 2.45) is 12.5 Å². The lowest BCUT2D eigenvalue weighted by Gasteiger charge is -2.15. The minimum absolute atomic E-state index is 0.0477. The van der Waals surface area contributed by atoms with Gasteiger partial charge in [-0.2, -0.15) is 10.1 Å². The Morgan fingerprint density at radius 3 is 2.63 bits per heavy atom. The Morgan fingerprint density at radius 2 is 1.91 bits per heavy atom. The average Bonchev–Trinajstić information content (AvgIpc) is 3.18. The fourth-order valence-corrected chi connectivity index (χ4v) is 3.87. The van der Waals surface area contributed by atoms with Gasteiger partial charge in [0.05, 0.1) is 5.69 Å². The van der Waals surface area contributed by atoms with Crippen LogP contribution < -0.4 is 21.9 Å². The van der Waals surface area contributed by atoms with Crippen LogP contribution in [0.15, 0.2) is 35.3 Å². The van der Waals surface area contributed by atoms with Crippen molar-refractivity contribution in [2.75, 3.05) is 16.4 Å². The number of rotatable bonds is 4. The van der Waals surface area contributed by atoms with Crippen molar-refractivity contribution in [1.29, 1.82) is 0 Å². The third-order valence-corrected chi connectivity index (χ3v) is 5.41. The number of urea groups is 1. The van der Waals surface area contributed by atoms with Crippen LogP contribution in [-0.4, -0.2) is 30.8 Å². The zero-order valence-electron chi connectivity index (χ0n) is 20.2. The van der Waals surface area contributed by atoms with E-state index in [4.69, 9.17) is 5.73 Å². The van der Waals surface area contributed by atoms with Crippen molar-refractivity contribution >= 4 is 34.5 Å². The second kappa shape index (κ2) is 8.82. The lowest BCUT2D eigenvalue weighted by molar-refractivity contribution is 0.262. The molecule has 0 bridgehead atoms. The Balaban J connectivity index is 1.63. The minimum atomic E-state index is -0.664. The molecule has 0 aliphatic heterocycles. The van der Waals surface area contributed by atoms with Crippen molar-refractivity contribution < 1.29 is 9.18 Å². The molecular formula is C24H27FN8O2. The first-order valence-corrected chi connectivity index (χ1v) is 11.0. The van der Waals surface area contributed by atoms with E-state index < -0.39 is 11.8 Å². The third-order valence-electron chi connectivity index (χ3n) is 5.41. The number of H-pyrrole nitrogens is 1. The van der Waals surface area contributed by atoms with Gasteiger partial charge in [-0.25, -0.2) is 14.2 Å². The van der Waals surface area contributed by atoms with E-state index in [1.807, 2.05) is 0 Å². The fourth-order valence-electron chi connectivity index (χ4n) is 3.87. The van der Waals surface area contributed by atoms with Crippen LogP contribution in [0.4, 0.5) is 26.6 Å². The molecule has 182 valence electrons. The summed E-state index contributed by atoms with van der Waals surface area (Å²) in [6, 6.07) is 5.39. The maximum atomic E-state index is 14.7. The summed E-state index contributed by atoms with van der Waals surface area (Å²) in [5.74, 6) is -0.263. The minimum Gasteiger partial charge on any atom is -0.368 e. The predicted molar refractivity (Wildman–Crippen MR) is 134 cm³/mol. The highest BCUT2D eigenvalue weighted by molar-refractivity contribution is 5.99. The summed E-state index contributed by atoms with van der Waals surface area (Å²) in [6.07, 6.45) is 2.27. The van der Waals surface area contributed by atoms with E-state index in [0.717, 1.165) is 12.1 Å². The van der Waals surface area contributed by atoms with Crippen LogP contribution in [0.25, 0.3) is 22.2 Å². The molecule has 5 N–H and O–H groups in total. The predicted octanol–water partition coefficient (Wildman–Crippen LogP) is 3.98. The Bertz CT molecular complexity index is 1500. The number of aromatic nitrogens is 5. The maximum absolute atomic E-state index is 14.7. The van der Waals surface area contributed by atoms with Crippen molar-refractivity contribution in [3.8, 4) is 11.1 Å². The highest BCUT2D eigenvalue weighted by atomic mass is 19.1. The second-order valence-electron chi connectivity index (χ2n) is 9.67. The highest BCUT2D eigenvalue weighted by Gasteiger charge is 2.18. The van der Waals surface area contributed by atoms with Gasteiger partial charge in [-0.05, 0) is 48.1 Å². The first kappa shape index (κ1) is 23.9. The molecule has 10 nitrogen and oxygen atoms in total. The zero-order valence-corrected chi connectivity index (χ0v) is 20.2. The van der Waals surface area contributed by atoms with Gasteiger partial charge in [0.15, 0.2) is 5.82 Å². The summed E-state index contributed by atoms with van der Waals surface area (Å²) in [7, 11) is 1.57. The molecule has 0 aliphatic rings. The number of amides is 2. The van der Waals surface area contributed by atoms with Crippen molar-refractivity contribution in [1.82, 2.24) is 24.7 Å². The first-order chi connectivity index (χ1) is 16.4. The number of halogens is 1. The summed E-state index contributed by atoms with van der Waals surface area (Å²) in [5, 5.41) is 12.7. The summed E-state index contributed by atoms with van der Waals surface area (Å²) in [6.45, 7) is 7.97. The van der Waals surface area contributed by atoms with E-state index in [9.17, 15) is 14.0 Å². The number of fused-ring (bicyclic) bond motifs is 1. The van der Waals surface area contributed by atoms with E-state index in [0.29, 0.717) is 33.5 Å². The molecule has 0 aliphatic carbocycles. The number of carbonyl (C=O) groups is 1. The summed E-state index contributed by atoms with van der Waals surface area (Å²) in [5.41, 5.74) is 7.84. The van der Waals surface area contributed by atoms with Crippen molar-refractivity contribution in [2.45, 2.75) is 34.1 Å². The molecule has 0 fully saturated rings. The van der Waals surface area contributed by atoms with E-state index >= 15 is 0 Å². The molecular weight excluding hydrogens is 451 g/mol. The zero-order chi connectivity index (χ0) is 25.5. The summed E-state index contributed by atoms with van der Waals surface area (Å²) in [4.78, 5) is 33.7. The van der Waals surface area contributed by atoms with Gasteiger partial charge in [0, 0.05) is 36.0 Å². The van der Waals surface area contributed by atoms with Gasteiger partial charge in [0.1, 0.15) is 11.5 Å². The van der Waals surface area contributed by atoms with Gasteiger partial charge in [-0.3, -0.25) is 19.8 Å². The van der Waals surface area contributed by atoms with Crippen LogP contribution in [0.5, 0.6) is 0 Å². The molecule has 0 saturated heterocycles. The number of benzene rings is 1. The number of nitrogen functional groups attached to an aromatic ring is 1. The fraction of sp³-hybridized carbons (Fsp3) is 0.292. The van der Waals surface area contributed by atoms with Gasteiger partial charge in [-0.1, -0.05) is 20.8 Å². The third kappa shape index (κ3) is 5.13. The van der Waals surface area contributed by atoms with Crippen LogP contribution in [-0.2, 0) is 13.5 Å². The molecule has 0 radical (unpaired) electrons. The molecule has 4 rings (SSSR count). The van der Waals surface area contributed by atoms with E-state index in [2.05, 4.69) is 51.6 Å². The molecule has 1 aromatic carbocycles. The van der Waals surface area contributed by atoms with Crippen LogP contribution in [0, 0.1) is 18.2 Å². The molecule has 0 atom stereocenters. The Labute approximate surface area is 200 Å². The highest BCUT2D eigenvalue weighted by Crippen LogP contribution is 2.29. The number of aromatic amines is 1. The lowest BCUT2D eigenvalue weighted by atomic mass is 9.91. The standard InChI is InChI=1S/C24H27FN8O2/c1-12-6-17(25)18(28-23(35)29-19-8-14(31-32-19)10-24(2,3)4)9-15(12)16-7-13-11-27-22(26)30-20(13)33(5)21(16)34/h6-9,11H,10H2,1-5H3,(H2,26,27,30)(H3,28,29,31,32,35).